The van der Waals surface area contributed by atoms with E-state index in [1.54, 1.807) is 0 Å². The third kappa shape index (κ3) is 2.17. The molecule has 0 saturated carbocycles. The molecule has 1 aliphatic carbocycles. The fraction of sp³-hybridized carbons (Fsp3) is 0.286. The predicted octanol–water partition coefficient (Wildman–Crippen LogP) is 1.87. The van der Waals surface area contributed by atoms with Crippen LogP contribution in [0, 0.1) is 5.92 Å². The zero-order valence-electron chi connectivity index (χ0n) is 6.17. The summed E-state index contributed by atoms with van der Waals surface area (Å²) >= 11 is 16.6. The first-order chi connectivity index (χ1) is 5.84. The molecule has 0 radical (unpaired) electrons. The summed E-state index contributed by atoms with van der Waals surface area (Å²) in [5.41, 5.74) is 0. The topological polar surface area (TPSA) is 57.5 Å². The Balaban J connectivity index is 3.09. The number of alkyl halides is 1. The quantitative estimate of drug-likeness (QED) is 0.691. The number of aliphatic hydroxyl groups is 1. The van der Waals surface area contributed by atoms with Crippen LogP contribution in [-0.4, -0.2) is 21.2 Å². The standard InChI is InChI=1S/C7H5Cl3O3/c8-4-1-3(6(11)12)7(10,13)2-5(4)9/h1-3,13H,(H,11,12). The van der Waals surface area contributed by atoms with Crippen LogP contribution in [0.4, 0.5) is 0 Å². The van der Waals surface area contributed by atoms with E-state index in [1.807, 2.05) is 0 Å². The average molecular weight is 243 g/mol. The van der Waals surface area contributed by atoms with Gasteiger partial charge in [0.2, 0.25) is 0 Å². The van der Waals surface area contributed by atoms with Gasteiger partial charge in [-0.1, -0.05) is 34.8 Å². The smallest absolute Gasteiger partial charge is 0.315 e. The molecule has 0 aromatic carbocycles. The summed E-state index contributed by atoms with van der Waals surface area (Å²) in [5.74, 6) is -2.56. The van der Waals surface area contributed by atoms with E-state index in [1.165, 1.54) is 0 Å². The van der Waals surface area contributed by atoms with E-state index in [4.69, 9.17) is 39.9 Å². The summed E-state index contributed by atoms with van der Waals surface area (Å²) in [6.45, 7) is 0. The van der Waals surface area contributed by atoms with Gasteiger partial charge in [-0.25, -0.2) is 0 Å². The van der Waals surface area contributed by atoms with E-state index in [2.05, 4.69) is 0 Å². The third-order valence-corrected chi connectivity index (χ3v) is 2.66. The molecule has 0 bridgehead atoms. The van der Waals surface area contributed by atoms with Crippen LogP contribution in [0.5, 0.6) is 0 Å². The first-order valence-electron chi connectivity index (χ1n) is 3.24. The molecule has 0 aromatic rings. The summed E-state index contributed by atoms with van der Waals surface area (Å²) in [7, 11) is 0. The molecular formula is C7H5Cl3O3. The lowest BCUT2D eigenvalue weighted by Crippen LogP contribution is -2.36. The molecule has 13 heavy (non-hydrogen) atoms. The van der Waals surface area contributed by atoms with Gasteiger partial charge in [0.15, 0.2) is 5.06 Å². The number of carboxylic acid groups (broad SMARTS) is 1. The maximum absolute atomic E-state index is 10.6. The highest BCUT2D eigenvalue weighted by atomic mass is 35.5. The molecule has 2 unspecified atom stereocenters. The van der Waals surface area contributed by atoms with Crippen molar-refractivity contribution in [1.82, 2.24) is 0 Å². The lowest BCUT2D eigenvalue weighted by molar-refractivity contribution is -0.143. The number of carboxylic acids is 1. The first kappa shape index (κ1) is 10.9. The normalized spacial score (nSPS) is 33.7. The summed E-state index contributed by atoms with van der Waals surface area (Å²) in [6.07, 6.45) is 2.09. The van der Waals surface area contributed by atoms with Gasteiger partial charge in [-0.3, -0.25) is 4.79 Å². The van der Waals surface area contributed by atoms with E-state index < -0.39 is 16.9 Å². The largest absolute Gasteiger partial charge is 0.481 e. The molecule has 0 saturated heterocycles. The van der Waals surface area contributed by atoms with Crippen molar-refractivity contribution in [2.24, 2.45) is 5.92 Å². The van der Waals surface area contributed by atoms with E-state index in [0.29, 0.717) is 0 Å². The zero-order chi connectivity index (χ0) is 10.2. The molecule has 72 valence electrons. The highest BCUT2D eigenvalue weighted by Crippen LogP contribution is 2.37. The highest BCUT2D eigenvalue weighted by molar-refractivity contribution is 6.45. The average Bonchev–Trinajstić information content (AvgIpc) is 1.95. The minimum absolute atomic E-state index is 0.0386. The fourth-order valence-corrected chi connectivity index (χ4v) is 1.65. The number of aliphatic carboxylic acids is 1. The van der Waals surface area contributed by atoms with Crippen molar-refractivity contribution in [1.29, 1.82) is 0 Å². The maximum atomic E-state index is 10.6. The molecule has 0 aromatic heterocycles. The van der Waals surface area contributed by atoms with Gasteiger partial charge in [-0.2, -0.15) is 0 Å². The molecule has 0 heterocycles. The second-order valence-corrected chi connectivity index (χ2v) is 3.97. The van der Waals surface area contributed by atoms with Crippen molar-refractivity contribution < 1.29 is 15.0 Å². The Morgan fingerprint density at radius 2 is 2.00 bits per heavy atom. The number of halogens is 3. The Morgan fingerprint density at radius 1 is 1.46 bits per heavy atom. The summed E-state index contributed by atoms with van der Waals surface area (Å²) < 4.78 is 0. The van der Waals surface area contributed by atoms with Crippen molar-refractivity contribution in [3.63, 3.8) is 0 Å². The molecule has 0 fully saturated rings. The van der Waals surface area contributed by atoms with Crippen LogP contribution < -0.4 is 0 Å². The van der Waals surface area contributed by atoms with Gasteiger partial charge >= 0.3 is 5.97 Å². The lowest BCUT2D eigenvalue weighted by Gasteiger charge is -2.25. The molecule has 1 aliphatic rings. The van der Waals surface area contributed by atoms with E-state index in [9.17, 15) is 9.90 Å². The predicted molar refractivity (Wildman–Crippen MR) is 49.8 cm³/mol. The van der Waals surface area contributed by atoms with Crippen molar-refractivity contribution >= 4 is 40.8 Å². The Morgan fingerprint density at radius 3 is 2.46 bits per heavy atom. The summed E-state index contributed by atoms with van der Waals surface area (Å²) in [6, 6.07) is 0. The fourth-order valence-electron chi connectivity index (χ4n) is 0.924. The molecule has 6 heteroatoms. The van der Waals surface area contributed by atoms with Crippen LogP contribution in [-0.2, 0) is 4.79 Å². The summed E-state index contributed by atoms with van der Waals surface area (Å²) in [4.78, 5) is 10.6. The minimum atomic E-state index is -2.01. The van der Waals surface area contributed by atoms with Gasteiger partial charge in [0.05, 0.1) is 10.1 Å². The van der Waals surface area contributed by atoms with Gasteiger partial charge < -0.3 is 10.2 Å². The van der Waals surface area contributed by atoms with Crippen LogP contribution in [0.1, 0.15) is 0 Å². The van der Waals surface area contributed by atoms with Gasteiger partial charge in [0.25, 0.3) is 0 Å². The van der Waals surface area contributed by atoms with E-state index in [0.717, 1.165) is 12.2 Å². The first-order valence-corrected chi connectivity index (χ1v) is 4.38. The number of hydrogen-bond donors (Lipinski definition) is 2. The number of hydrogen-bond acceptors (Lipinski definition) is 2. The third-order valence-electron chi connectivity index (χ3n) is 1.57. The van der Waals surface area contributed by atoms with Gasteiger partial charge in [0.1, 0.15) is 5.92 Å². The SMILES string of the molecule is O=C(O)C1C=C(Cl)C(Cl)=CC1(O)Cl. The zero-order valence-corrected chi connectivity index (χ0v) is 8.44. The Kier molecular flexibility index (Phi) is 2.92. The van der Waals surface area contributed by atoms with Crippen molar-refractivity contribution in [2.75, 3.05) is 0 Å². The lowest BCUT2D eigenvalue weighted by atomic mass is 9.97. The minimum Gasteiger partial charge on any atom is -0.481 e. The van der Waals surface area contributed by atoms with Crippen LogP contribution in [0.15, 0.2) is 22.2 Å². The molecule has 0 spiro atoms. The molecule has 3 nitrogen and oxygen atoms in total. The van der Waals surface area contributed by atoms with Gasteiger partial charge in [-0.05, 0) is 12.2 Å². The molecule has 0 amide bonds. The molecule has 2 N–H and O–H groups in total. The maximum Gasteiger partial charge on any atom is 0.315 e. The van der Waals surface area contributed by atoms with E-state index >= 15 is 0 Å². The highest BCUT2D eigenvalue weighted by Gasteiger charge is 2.40. The van der Waals surface area contributed by atoms with Crippen molar-refractivity contribution in [3.05, 3.63) is 22.2 Å². The Hall–Kier alpha value is -0.220. The monoisotopic (exact) mass is 242 g/mol. The van der Waals surface area contributed by atoms with Crippen LogP contribution >= 0.6 is 34.8 Å². The number of rotatable bonds is 1. The second kappa shape index (κ2) is 3.50. The molecule has 0 aliphatic heterocycles. The molecular weight excluding hydrogens is 238 g/mol. The van der Waals surface area contributed by atoms with Crippen molar-refractivity contribution in [3.8, 4) is 0 Å². The van der Waals surface area contributed by atoms with Crippen LogP contribution in [0.2, 0.25) is 0 Å². The van der Waals surface area contributed by atoms with Crippen LogP contribution in [0.25, 0.3) is 0 Å². The summed E-state index contributed by atoms with van der Waals surface area (Å²) in [5, 5.41) is 16.2. The number of allylic oxidation sites excluding steroid dienone is 2. The Bertz CT molecular complexity index is 306. The van der Waals surface area contributed by atoms with E-state index in [-0.39, 0.29) is 10.1 Å². The Labute approximate surface area is 89.2 Å². The van der Waals surface area contributed by atoms with Crippen LogP contribution in [0.3, 0.4) is 0 Å². The van der Waals surface area contributed by atoms with Gasteiger partial charge in [0, 0.05) is 0 Å². The number of carbonyl (C=O) groups is 1. The van der Waals surface area contributed by atoms with Crippen molar-refractivity contribution in [2.45, 2.75) is 5.06 Å². The molecule has 2 atom stereocenters. The van der Waals surface area contributed by atoms with Gasteiger partial charge in [-0.15, -0.1) is 0 Å². The second-order valence-electron chi connectivity index (χ2n) is 2.55. The molecule has 1 rings (SSSR count).